The molecule has 0 saturated carbocycles. The third kappa shape index (κ3) is 3.04. The van der Waals surface area contributed by atoms with Gasteiger partial charge in [-0.2, -0.15) is 0 Å². The second-order valence-corrected chi connectivity index (χ2v) is 7.99. The number of thiophene rings is 1. The molecule has 0 aliphatic carbocycles. The van der Waals surface area contributed by atoms with Crippen LogP contribution in [0.3, 0.4) is 0 Å². The van der Waals surface area contributed by atoms with Crippen LogP contribution in [0.1, 0.15) is 4.88 Å². The first-order valence-electron chi connectivity index (χ1n) is 9.41. The second-order valence-electron chi connectivity index (χ2n) is 6.79. The molecule has 4 aromatic rings. The van der Waals surface area contributed by atoms with E-state index in [4.69, 9.17) is 14.7 Å². The number of ether oxygens (including phenoxy) is 1. The van der Waals surface area contributed by atoms with Gasteiger partial charge in [0, 0.05) is 41.5 Å². The number of anilines is 1. The molecular weight excluding hydrogens is 368 g/mol. The SMILES string of the molecule is Cc1sc2nc(-c3cccnc3)nc(N3CCOCC3)c2c1-c1ccccc1. The number of hydrogen-bond donors (Lipinski definition) is 0. The molecule has 1 aromatic carbocycles. The minimum absolute atomic E-state index is 0.720. The molecule has 1 aliphatic heterocycles. The number of aromatic nitrogens is 3. The van der Waals surface area contributed by atoms with Crippen molar-refractivity contribution in [1.29, 1.82) is 0 Å². The zero-order chi connectivity index (χ0) is 18.9. The molecule has 5 nitrogen and oxygen atoms in total. The molecule has 0 amide bonds. The number of pyridine rings is 1. The Hall–Kier alpha value is -2.83. The Balaban J connectivity index is 1.78. The fraction of sp³-hybridized carbons (Fsp3) is 0.227. The van der Waals surface area contributed by atoms with E-state index in [1.807, 2.05) is 24.4 Å². The molecule has 28 heavy (non-hydrogen) atoms. The minimum Gasteiger partial charge on any atom is -0.378 e. The standard InChI is InChI=1S/C22H20N4OS/c1-15-18(16-6-3-2-4-7-16)19-21(26-10-12-27-13-11-26)24-20(25-22(19)28-15)17-8-5-9-23-14-17/h2-9,14H,10-13H2,1H3. The molecule has 0 spiro atoms. The summed E-state index contributed by atoms with van der Waals surface area (Å²) in [5.74, 6) is 1.72. The number of rotatable bonds is 3. The average Bonchev–Trinajstić information content (AvgIpc) is 3.10. The summed E-state index contributed by atoms with van der Waals surface area (Å²) in [6.45, 7) is 5.28. The highest BCUT2D eigenvalue weighted by Gasteiger charge is 2.23. The van der Waals surface area contributed by atoms with Gasteiger partial charge in [-0.05, 0) is 24.6 Å². The van der Waals surface area contributed by atoms with E-state index < -0.39 is 0 Å². The molecular formula is C22H20N4OS. The molecule has 6 heteroatoms. The largest absolute Gasteiger partial charge is 0.378 e. The molecule has 0 unspecified atom stereocenters. The summed E-state index contributed by atoms with van der Waals surface area (Å²) in [5, 5.41) is 1.14. The van der Waals surface area contributed by atoms with E-state index in [1.54, 1.807) is 17.5 Å². The molecule has 0 bridgehead atoms. The maximum absolute atomic E-state index is 5.58. The van der Waals surface area contributed by atoms with Crippen LogP contribution in [0.15, 0.2) is 54.9 Å². The van der Waals surface area contributed by atoms with Crippen LogP contribution in [0, 0.1) is 6.92 Å². The Kier molecular flexibility index (Phi) is 4.50. The van der Waals surface area contributed by atoms with Gasteiger partial charge in [0.1, 0.15) is 10.6 Å². The van der Waals surface area contributed by atoms with E-state index in [9.17, 15) is 0 Å². The zero-order valence-electron chi connectivity index (χ0n) is 15.6. The van der Waals surface area contributed by atoms with E-state index in [1.165, 1.54) is 16.0 Å². The number of aryl methyl sites for hydroxylation is 1. The lowest BCUT2D eigenvalue weighted by atomic mass is 10.0. The van der Waals surface area contributed by atoms with Gasteiger partial charge < -0.3 is 9.64 Å². The molecule has 1 fully saturated rings. The van der Waals surface area contributed by atoms with E-state index in [2.05, 4.69) is 41.1 Å². The molecule has 0 radical (unpaired) electrons. The predicted molar refractivity (Wildman–Crippen MR) is 114 cm³/mol. The Morgan fingerprint density at radius 3 is 2.50 bits per heavy atom. The van der Waals surface area contributed by atoms with E-state index in [0.29, 0.717) is 0 Å². The fourth-order valence-electron chi connectivity index (χ4n) is 3.67. The van der Waals surface area contributed by atoms with Gasteiger partial charge in [0.05, 0.1) is 18.6 Å². The average molecular weight is 388 g/mol. The lowest BCUT2D eigenvalue weighted by molar-refractivity contribution is 0.122. The quantitative estimate of drug-likeness (QED) is 0.515. The van der Waals surface area contributed by atoms with Crippen molar-refractivity contribution in [3.8, 4) is 22.5 Å². The van der Waals surface area contributed by atoms with Crippen molar-refractivity contribution >= 4 is 27.4 Å². The molecule has 4 heterocycles. The Bertz CT molecular complexity index is 1110. The van der Waals surface area contributed by atoms with Crippen molar-refractivity contribution in [2.24, 2.45) is 0 Å². The van der Waals surface area contributed by atoms with Gasteiger partial charge in [0.2, 0.25) is 0 Å². The van der Waals surface area contributed by atoms with Crippen molar-refractivity contribution in [2.45, 2.75) is 6.92 Å². The van der Waals surface area contributed by atoms with Crippen molar-refractivity contribution in [2.75, 3.05) is 31.2 Å². The van der Waals surface area contributed by atoms with Gasteiger partial charge in [-0.3, -0.25) is 4.98 Å². The zero-order valence-corrected chi connectivity index (χ0v) is 16.4. The van der Waals surface area contributed by atoms with Crippen molar-refractivity contribution in [3.63, 3.8) is 0 Å². The maximum Gasteiger partial charge on any atom is 0.164 e. The summed E-state index contributed by atoms with van der Waals surface area (Å²) < 4.78 is 5.58. The Morgan fingerprint density at radius 1 is 0.964 bits per heavy atom. The monoisotopic (exact) mass is 388 g/mol. The van der Waals surface area contributed by atoms with Crippen LogP contribution in [0.25, 0.3) is 32.7 Å². The molecule has 3 aromatic heterocycles. The molecule has 1 aliphatic rings. The van der Waals surface area contributed by atoms with E-state index in [0.717, 1.165) is 53.7 Å². The van der Waals surface area contributed by atoms with Gasteiger partial charge in [-0.25, -0.2) is 9.97 Å². The molecule has 5 rings (SSSR count). The first-order valence-corrected chi connectivity index (χ1v) is 10.2. The summed E-state index contributed by atoms with van der Waals surface area (Å²) in [5.41, 5.74) is 3.38. The van der Waals surface area contributed by atoms with Crippen molar-refractivity contribution in [1.82, 2.24) is 15.0 Å². The van der Waals surface area contributed by atoms with E-state index in [-0.39, 0.29) is 0 Å². The Morgan fingerprint density at radius 2 is 1.75 bits per heavy atom. The summed E-state index contributed by atoms with van der Waals surface area (Å²) in [7, 11) is 0. The van der Waals surface area contributed by atoms with Gasteiger partial charge in [-0.15, -0.1) is 11.3 Å². The highest BCUT2D eigenvalue weighted by molar-refractivity contribution is 7.19. The van der Waals surface area contributed by atoms with Crippen LogP contribution >= 0.6 is 11.3 Å². The number of nitrogens with zero attached hydrogens (tertiary/aromatic N) is 4. The molecule has 1 saturated heterocycles. The van der Waals surface area contributed by atoms with Gasteiger partial charge >= 0.3 is 0 Å². The normalized spacial score (nSPS) is 14.5. The summed E-state index contributed by atoms with van der Waals surface area (Å²) in [6, 6.07) is 14.5. The molecule has 0 N–H and O–H groups in total. The first-order chi connectivity index (χ1) is 13.8. The number of hydrogen-bond acceptors (Lipinski definition) is 6. The summed E-state index contributed by atoms with van der Waals surface area (Å²) in [4.78, 5) is 18.8. The third-order valence-corrected chi connectivity index (χ3v) is 6.00. The van der Waals surface area contributed by atoms with Crippen LogP contribution in [-0.4, -0.2) is 41.3 Å². The lowest BCUT2D eigenvalue weighted by Crippen LogP contribution is -2.37. The van der Waals surface area contributed by atoms with Crippen LogP contribution in [0.5, 0.6) is 0 Å². The van der Waals surface area contributed by atoms with Crippen LogP contribution in [-0.2, 0) is 4.74 Å². The smallest absolute Gasteiger partial charge is 0.164 e. The number of benzene rings is 1. The minimum atomic E-state index is 0.720. The predicted octanol–water partition coefficient (Wildman–Crippen LogP) is 4.57. The lowest BCUT2D eigenvalue weighted by Gasteiger charge is -2.29. The maximum atomic E-state index is 5.58. The van der Waals surface area contributed by atoms with Crippen LogP contribution < -0.4 is 4.90 Å². The number of fused-ring (bicyclic) bond motifs is 1. The second kappa shape index (κ2) is 7.30. The highest BCUT2D eigenvalue weighted by atomic mass is 32.1. The first kappa shape index (κ1) is 17.3. The van der Waals surface area contributed by atoms with Crippen LogP contribution in [0.2, 0.25) is 0 Å². The molecule has 0 atom stereocenters. The highest BCUT2D eigenvalue weighted by Crippen LogP contribution is 2.42. The number of morpholine rings is 1. The van der Waals surface area contributed by atoms with Gasteiger partial charge in [-0.1, -0.05) is 30.3 Å². The Labute approximate surface area is 167 Å². The van der Waals surface area contributed by atoms with Gasteiger partial charge in [0.15, 0.2) is 5.82 Å². The van der Waals surface area contributed by atoms with Crippen molar-refractivity contribution < 1.29 is 4.74 Å². The third-order valence-electron chi connectivity index (χ3n) is 5.00. The fourth-order valence-corrected chi connectivity index (χ4v) is 4.71. The molecule has 140 valence electrons. The summed E-state index contributed by atoms with van der Waals surface area (Å²) >= 11 is 1.73. The van der Waals surface area contributed by atoms with Crippen LogP contribution in [0.4, 0.5) is 5.82 Å². The van der Waals surface area contributed by atoms with E-state index >= 15 is 0 Å². The summed E-state index contributed by atoms with van der Waals surface area (Å²) in [6.07, 6.45) is 3.59. The van der Waals surface area contributed by atoms with Crippen molar-refractivity contribution in [3.05, 3.63) is 59.7 Å². The topological polar surface area (TPSA) is 51.1 Å². The van der Waals surface area contributed by atoms with Gasteiger partial charge in [0.25, 0.3) is 0 Å².